The molecule has 31 heavy (non-hydrogen) atoms. The average molecular weight is 425 g/mol. The van der Waals surface area contributed by atoms with Gasteiger partial charge in [-0.05, 0) is 49.9 Å². The van der Waals surface area contributed by atoms with Crippen molar-refractivity contribution in [2.75, 3.05) is 27.4 Å². The van der Waals surface area contributed by atoms with Gasteiger partial charge in [0.2, 0.25) is 0 Å². The number of carbonyl (C=O) groups excluding carboxylic acids is 1. The van der Waals surface area contributed by atoms with Crippen LogP contribution in [0.3, 0.4) is 0 Å². The number of esters is 1. The molecule has 5 nitrogen and oxygen atoms in total. The quantitative estimate of drug-likeness (QED) is 0.237. The van der Waals surface area contributed by atoms with E-state index in [-0.39, 0.29) is 5.97 Å². The minimum absolute atomic E-state index is 0.170. The summed E-state index contributed by atoms with van der Waals surface area (Å²) in [5, 5.41) is 0. The van der Waals surface area contributed by atoms with E-state index in [9.17, 15) is 4.79 Å². The maximum atomic E-state index is 11.2. The lowest BCUT2D eigenvalue weighted by Gasteiger charge is -2.14. The summed E-state index contributed by atoms with van der Waals surface area (Å²) < 4.78 is 21.7. The molecule has 0 unspecified atom stereocenters. The third kappa shape index (κ3) is 7.85. The number of ether oxygens (including phenoxy) is 4. The van der Waals surface area contributed by atoms with E-state index in [0.29, 0.717) is 31.1 Å². The molecule has 0 heterocycles. The molecular formula is C26H32O5. The van der Waals surface area contributed by atoms with Gasteiger partial charge in [0, 0.05) is 18.1 Å². The molecule has 0 spiro atoms. The van der Waals surface area contributed by atoms with Gasteiger partial charge in [0.05, 0.1) is 27.4 Å². The Morgan fingerprint density at radius 1 is 0.935 bits per heavy atom. The summed E-state index contributed by atoms with van der Waals surface area (Å²) in [4.78, 5) is 11.2. The zero-order chi connectivity index (χ0) is 22.5. The fourth-order valence-corrected chi connectivity index (χ4v) is 3.09. The summed E-state index contributed by atoms with van der Waals surface area (Å²) >= 11 is 0. The summed E-state index contributed by atoms with van der Waals surface area (Å²) in [7, 11) is 3.05. The van der Waals surface area contributed by atoms with Gasteiger partial charge in [-0.3, -0.25) is 4.79 Å². The minimum atomic E-state index is -0.170. The summed E-state index contributed by atoms with van der Waals surface area (Å²) in [5.41, 5.74) is 3.06. The summed E-state index contributed by atoms with van der Waals surface area (Å²) in [6.07, 6.45) is 10.2. The fraction of sp³-hybridized carbons (Fsp3) is 0.346. The second kappa shape index (κ2) is 13.2. The number of unbranched alkanes of at least 4 members (excludes halogenated alkanes) is 1. The van der Waals surface area contributed by atoms with E-state index in [2.05, 4.69) is 29.0 Å². The molecule has 166 valence electrons. The minimum Gasteiger partial charge on any atom is -0.494 e. The first-order valence-corrected chi connectivity index (χ1v) is 10.6. The molecule has 0 radical (unpaired) electrons. The third-order valence-electron chi connectivity index (χ3n) is 4.53. The highest BCUT2D eigenvalue weighted by Crippen LogP contribution is 2.37. The van der Waals surface area contributed by atoms with Crippen LogP contribution in [0.1, 0.15) is 49.8 Å². The van der Waals surface area contributed by atoms with Crippen molar-refractivity contribution >= 4 is 24.2 Å². The Morgan fingerprint density at radius 2 is 1.68 bits per heavy atom. The van der Waals surface area contributed by atoms with Crippen molar-refractivity contribution < 1.29 is 23.7 Å². The van der Waals surface area contributed by atoms with Gasteiger partial charge < -0.3 is 18.9 Å². The molecule has 0 aliphatic heterocycles. The Balaban J connectivity index is 2.16. The number of hydrogen-bond donors (Lipinski definition) is 0. The van der Waals surface area contributed by atoms with E-state index >= 15 is 0 Å². The van der Waals surface area contributed by atoms with Gasteiger partial charge in [-0.15, -0.1) is 0 Å². The van der Waals surface area contributed by atoms with Crippen LogP contribution < -0.4 is 14.2 Å². The monoisotopic (exact) mass is 424 g/mol. The zero-order valence-corrected chi connectivity index (χ0v) is 18.9. The largest absolute Gasteiger partial charge is 0.494 e. The predicted octanol–water partition coefficient (Wildman–Crippen LogP) is 6.02. The van der Waals surface area contributed by atoms with E-state index in [0.717, 1.165) is 35.3 Å². The Bertz CT molecular complexity index is 899. The molecule has 0 bridgehead atoms. The van der Waals surface area contributed by atoms with Crippen LogP contribution in [0.15, 0.2) is 42.5 Å². The highest BCUT2D eigenvalue weighted by atomic mass is 16.5. The number of rotatable bonds is 12. The topological polar surface area (TPSA) is 54.0 Å². The first-order valence-electron chi connectivity index (χ1n) is 10.6. The normalized spacial score (nSPS) is 11.1. The van der Waals surface area contributed by atoms with Crippen molar-refractivity contribution in [3.63, 3.8) is 0 Å². The van der Waals surface area contributed by atoms with Crippen LogP contribution in [0, 0.1) is 0 Å². The van der Waals surface area contributed by atoms with Crippen molar-refractivity contribution in [3.8, 4) is 17.2 Å². The van der Waals surface area contributed by atoms with E-state index in [4.69, 9.17) is 14.2 Å². The van der Waals surface area contributed by atoms with Crippen LogP contribution in [0.25, 0.3) is 18.2 Å². The molecule has 2 aromatic carbocycles. The molecule has 5 heteroatoms. The highest BCUT2D eigenvalue weighted by Gasteiger charge is 2.12. The van der Waals surface area contributed by atoms with Gasteiger partial charge in [0.15, 0.2) is 11.5 Å². The maximum Gasteiger partial charge on any atom is 0.305 e. The first-order chi connectivity index (χ1) is 15.1. The second-order valence-corrected chi connectivity index (χ2v) is 6.78. The molecule has 0 atom stereocenters. The lowest BCUT2D eigenvalue weighted by Crippen LogP contribution is -1.99. The van der Waals surface area contributed by atoms with Gasteiger partial charge in [-0.2, -0.15) is 0 Å². The molecule has 0 aliphatic rings. The molecular weight excluding hydrogens is 392 g/mol. The average Bonchev–Trinajstić information content (AvgIpc) is 2.78. The van der Waals surface area contributed by atoms with Gasteiger partial charge >= 0.3 is 5.97 Å². The summed E-state index contributed by atoms with van der Waals surface area (Å²) in [6, 6.07) is 12.0. The van der Waals surface area contributed by atoms with E-state index in [1.54, 1.807) is 7.11 Å². The second-order valence-electron chi connectivity index (χ2n) is 6.78. The molecule has 0 amide bonds. The van der Waals surface area contributed by atoms with Crippen molar-refractivity contribution in [1.82, 2.24) is 0 Å². The van der Waals surface area contributed by atoms with Gasteiger partial charge in [0.1, 0.15) is 5.75 Å². The smallest absolute Gasteiger partial charge is 0.305 e. The number of hydrogen-bond acceptors (Lipinski definition) is 5. The van der Waals surface area contributed by atoms with Gasteiger partial charge in [-0.1, -0.05) is 42.5 Å². The predicted molar refractivity (Wildman–Crippen MR) is 126 cm³/mol. The molecule has 2 rings (SSSR count). The lowest BCUT2D eigenvalue weighted by atomic mass is 10.1. The van der Waals surface area contributed by atoms with Crippen LogP contribution in [-0.4, -0.2) is 33.4 Å². The van der Waals surface area contributed by atoms with Crippen molar-refractivity contribution in [2.45, 2.75) is 33.1 Å². The molecule has 0 N–H and O–H groups in total. The Kier molecular flexibility index (Phi) is 10.2. The maximum absolute atomic E-state index is 11.2. The zero-order valence-electron chi connectivity index (χ0n) is 18.9. The van der Waals surface area contributed by atoms with Crippen LogP contribution in [0.4, 0.5) is 0 Å². The van der Waals surface area contributed by atoms with E-state index in [1.165, 1.54) is 7.11 Å². The fourth-order valence-electron chi connectivity index (χ4n) is 3.09. The molecule has 2 aromatic rings. The Labute approximate surface area is 185 Å². The van der Waals surface area contributed by atoms with Gasteiger partial charge in [0.25, 0.3) is 0 Å². The molecule has 0 aromatic heterocycles. The number of benzene rings is 2. The lowest BCUT2D eigenvalue weighted by molar-refractivity contribution is -0.140. The molecule has 0 fully saturated rings. The molecule has 0 saturated heterocycles. The van der Waals surface area contributed by atoms with Crippen molar-refractivity contribution in [3.05, 3.63) is 59.2 Å². The van der Waals surface area contributed by atoms with E-state index in [1.807, 2.05) is 50.3 Å². The summed E-state index contributed by atoms with van der Waals surface area (Å²) in [5.74, 6) is 1.93. The first kappa shape index (κ1) is 24.1. The van der Waals surface area contributed by atoms with Crippen LogP contribution >= 0.6 is 0 Å². The SMILES string of the molecule is CCOc1cc(C=Cc2cccc(C=CCCCC(=O)OC)c2)c(OC)c(OCC)c1. The third-order valence-corrected chi connectivity index (χ3v) is 4.53. The van der Waals surface area contributed by atoms with Crippen molar-refractivity contribution in [2.24, 2.45) is 0 Å². The highest BCUT2D eigenvalue weighted by molar-refractivity contribution is 5.76. The molecule has 0 saturated carbocycles. The van der Waals surface area contributed by atoms with Crippen LogP contribution in [-0.2, 0) is 9.53 Å². The summed E-state index contributed by atoms with van der Waals surface area (Å²) in [6.45, 7) is 5.02. The number of allylic oxidation sites excluding steroid dienone is 1. The van der Waals surface area contributed by atoms with E-state index < -0.39 is 0 Å². The van der Waals surface area contributed by atoms with Gasteiger partial charge in [-0.25, -0.2) is 0 Å². The van der Waals surface area contributed by atoms with Crippen molar-refractivity contribution in [1.29, 1.82) is 0 Å². The molecule has 0 aliphatic carbocycles. The van der Waals surface area contributed by atoms with Crippen LogP contribution in [0.2, 0.25) is 0 Å². The number of carbonyl (C=O) groups is 1. The Morgan fingerprint density at radius 3 is 2.35 bits per heavy atom. The standard InChI is InChI=1S/C26H32O5/c1-5-30-23-18-22(26(29-4)24(19-23)31-6-2)16-15-21-13-10-12-20(17-21)11-8-7-9-14-25(27)28-3/h8,10-13,15-19H,5-7,9,14H2,1-4H3. The Hall–Kier alpha value is -3.21. The number of methoxy groups -OCH3 is 2. The van der Waals surface area contributed by atoms with Crippen LogP contribution in [0.5, 0.6) is 17.2 Å².